The van der Waals surface area contributed by atoms with Gasteiger partial charge >= 0.3 is 6.03 Å². The zero-order chi connectivity index (χ0) is 18.3. The quantitative estimate of drug-likeness (QED) is 0.655. The summed E-state index contributed by atoms with van der Waals surface area (Å²) in [7, 11) is -3.55. The van der Waals surface area contributed by atoms with E-state index in [1.54, 1.807) is 38.1 Å². The summed E-state index contributed by atoms with van der Waals surface area (Å²) in [6, 6.07) is 11.4. The third-order valence-electron chi connectivity index (χ3n) is 3.42. The summed E-state index contributed by atoms with van der Waals surface area (Å²) in [5, 5.41) is 2.64. The van der Waals surface area contributed by atoms with E-state index in [2.05, 4.69) is 21.2 Å². The maximum atomic E-state index is 12.4. The summed E-state index contributed by atoms with van der Waals surface area (Å²) in [6.45, 7) is 4.33. The number of hydrogen-bond acceptors (Lipinski definition) is 5. The van der Waals surface area contributed by atoms with Gasteiger partial charge in [-0.2, -0.15) is 4.31 Å². The molecule has 0 fully saturated rings. The molecule has 0 atom stereocenters. The topological polar surface area (TPSA) is 103 Å². The summed E-state index contributed by atoms with van der Waals surface area (Å²) < 4.78 is 26.1. The average molecular weight is 363 g/mol. The van der Waals surface area contributed by atoms with Crippen molar-refractivity contribution in [2.45, 2.75) is 18.7 Å². The minimum absolute atomic E-state index is 0.107. The van der Waals surface area contributed by atoms with Gasteiger partial charge in [0, 0.05) is 25.0 Å². The minimum atomic E-state index is -3.55. The first-order valence-electron chi connectivity index (χ1n) is 7.81. The number of carbonyl (C=O) groups is 1. The normalized spacial score (nSPS) is 11.2. The van der Waals surface area contributed by atoms with Crippen LogP contribution in [0.3, 0.4) is 0 Å². The molecule has 2 amide bonds. The van der Waals surface area contributed by atoms with Crippen LogP contribution >= 0.6 is 0 Å². The number of rotatable bonds is 7. The highest BCUT2D eigenvalue weighted by Crippen LogP contribution is 2.15. The Hall–Kier alpha value is -2.65. The monoisotopic (exact) mass is 363 g/mol. The molecule has 1 aromatic carbocycles. The van der Waals surface area contributed by atoms with E-state index in [-0.39, 0.29) is 4.90 Å². The Balaban J connectivity index is 1.95. The van der Waals surface area contributed by atoms with Gasteiger partial charge in [-0.3, -0.25) is 10.9 Å². The molecule has 1 heterocycles. The number of aromatic nitrogens is 1. The standard InChI is InChI=1S/C16H21N5O3S/c1-3-21(4-2)25(23,24)14-10-11-15(17-12-14)19-20-16(22)18-13-8-6-5-7-9-13/h5-12H,3-4H2,1-2H3,(H,17,19)(H2,18,20,22). The van der Waals surface area contributed by atoms with E-state index >= 15 is 0 Å². The first-order chi connectivity index (χ1) is 12.0. The predicted octanol–water partition coefficient (Wildman–Crippen LogP) is 2.26. The summed E-state index contributed by atoms with van der Waals surface area (Å²) in [5.74, 6) is 0.321. The van der Waals surface area contributed by atoms with Crippen molar-refractivity contribution in [3.05, 3.63) is 48.7 Å². The van der Waals surface area contributed by atoms with Crippen molar-refractivity contribution in [1.29, 1.82) is 0 Å². The van der Waals surface area contributed by atoms with Gasteiger partial charge in [-0.25, -0.2) is 18.2 Å². The van der Waals surface area contributed by atoms with E-state index in [0.717, 1.165) is 0 Å². The highest BCUT2D eigenvalue weighted by atomic mass is 32.2. The third-order valence-corrected chi connectivity index (χ3v) is 5.45. The number of nitrogens with zero attached hydrogens (tertiary/aromatic N) is 2. The van der Waals surface area contributed by atoms with E-state index in [0.29, 0.717) is 24.6 Å². The highest BCUT2D eigenvalue weighted by Gasteiger charge is 2.21. The molecule has 0 aliphatic rings. The lowest BCUT2D eigenvalue weighted by Crippen LogP contribution is -2.34. The van der Waals surface area contributed by atoms with E-state index in [1.165, 1.54) is 22.6 Å². The number of carbonyl (C=O) groups excluding carboxylic acids is 1. The molecule has 1 aromatic heterocycles. The summed E-state index contributed by atoms with van der Waals surface area (Å²) in [6.07, 6.45) is 1.26. The van der Waals surface area contributed by atoms with Gasteiger partial charge in [-0.05, 0) is 24.3 Å². The molecule has 0 aliphatic heterocycles. The van der Waals surface area contributed by atoms with Crippen LogP contribution in [0.25, 0.3) is 0 Å². The molecule has 0 saturated heterocycles. The Morgan fingerprint density at radius 3 is 2.32 bits per heavy atom. The van der Waals surface area contributed by atoms with Gasteiger partial charge in [0.05, 0.1) is 0 Å². The minimum Gasteiger partial charge on any atom is -0.307 e. The second-order valence-electron chi connectivity index (χ2n) is 5.04. The molecule has 0 saturated carbocycles. The Morgan fingerprint density at radius 1 is 1.08 bits per heavy atom. The van der Waals surface area contributed by atoms with Crippen LogP contribution in [0.5, 0.6) is 0 Å². The SMILES string of the molecule is CCN(CC)S(=O)(=O)c1ccc(NNC(=O)Nc2ccccc2)nc1. The van der Waals surface area contributed by atoms with Crippen molar-refractivity contribution in [3.63, 3.8) is 0 Å². The fourth-order valence-corrected chi connectivity index (χ4v) is 3.53. The largest absolute Gasteiger partial charge is 0.337 e. The molecule has 2 aromatic rings. The molecule has 2 rings (SSSR count). The molecule has 25 heavy (non-hydrogen) atoms. The van der Waals surface area contributed by atoms with Crippen molar-refractivity contribution in [3.8, 4) is 0 Å². The number of nitrogens with one attached hydrogen (secondary N) is 3. The van der Waals surface area contributed by atoms with Gasteiger partial charge in [0.15, 0.2) is 0 Å². The number of sulfonamides is 1. The van der Waals surface area contributed by atoms with Gasteiger partial charge in [-0.15, -0.1) is 0 Å². The van der Waals surface area contributed by atoms with Crippen molar-refractivity contribution < 1.29 is 13.2 Å². The van der Waals surface area contributed by atoms with Gasteiger partial charge in [0.2, 0.25) is 10.0 Å². The Kier molecular flexibility index (Phi) is 6.31. The Morgan fingerprint density at radius 2 is 1.76 bits per heavy atom. The second kappa shape index (κ2) is 8.45. The maximum absolute atomic E-state index is 12.4. The fourth-order valence-electron chi connectivity index (χ4n) is 2.12. The molecule has 9 heteroatoms. The third kappa shape index (κ3) is 4.91. The fraction of sp³-hybridized carbons (Fsp3) is 0.250. The lowest BCUT2D eigenvalue weighted by molar-refractivity contribution is 0.254. The van der Waals surface area contributed by atoms with Crippen molar-refractivity contribution in [1.82, 2.24) is 14.7 Å². The smallest absolute Gasteiger partial charge is 0.307 e. The lowest BCUT2D eigenvalue weighted by Gasteiger charge is -2.18. The molecule has 8 nitrogen and oxygen atoms in total. The predicted molar refractivity (Wildman–Crippen MR) is 96.6 cm³/mol. The molecular weight excluding hydrogens is 342 g/mol. The number of anilines is 2. The van der Waals surface area contributed by atoms with E-state index in [4.69, 9.17) is 0 Å². The van der Waals surface area contributed by atoms with Crippen molar-refractivity contribution in [2.75, 3.05) is 23.8 Å². The van der Waals surface area contributed by atoms with Crippen LogP contribution in [-0.4, -0.2) is 36.8 Å². The van der Waals surface area contributed by atoms with Crippen LogP contribution in [0, 0.1) is 0 Å². The summed E-state index contributed by atoms with van der Waals surface area (Å²) >= 11 is 0. The zero-order valence-corrected chi connectivity index (χ0v) is 14.9. The molecule has 134 valence electrons. The van der Waals surface area contributed by atoms with Crippen LogP contribution in [-0.2, 0) is 10.0 Å². The Bertz CT molecular complexity index is 790. The number of para-hydroxylation sites is 1. The maximum Gasteiger partial charge on any atom is 0.337 e. The molecule has 0 aliphatic carbocycles. The first-order valence-corrected chi connectivity index (χ1v) is 9.25. The lowest BCUT2D eigenvalue weighted by atomic mass is 10.3. The molecule has 0 bridgehead atoms. The Labute approximate surface area is 147 Å². The van der Waals surface area contributed by atoms with Gasteiger partial charge in [0.25, 0.3) is 0 Å². The number of amides is 2. The molecule has 3 N–H and O–H groups in total. The molecule has 0 radical (unpaired) electrons. The number of pyridine rings is 1. The number of urea groups is 1. The summed E-state index contributed by atoms with van der Waals surface area (Å²) in [4.78, 5) is 15.9. The van der Waals surface area contributed by atoms with Crippen molar-refractivity contribution in [2.24, 2.45) is 0 Å². The van der Waals surface area contributed by atoms with Crippen LogP contribution in [0.15, 0.2) is 53.6 Å². The number of hydrazine groups is 1. The van der Waals surface area contributed by atoms with E-state index < -0.39 is 16.1 Å². The van der Waals surface area contributed by atoms with E-state index in [1.807, 2.05) is 6.07 Å². The molecule has 0 unspecified atom stereocenters. The number of benzene rings is 1. The van der Waals surface area contributed by atoms with Crippen LogP contribution in [0.2, 0.25) is 0 Å². The number of hydrogen-bond donors (Lipinski definition) is 3. The highest BCUT2D eigenvalue weighted by molar-refractivity contribution is 7.89. The van der Waals surface area contributed by atoms with Crippen molar-refractivity contribution >= 4 is 27.6 Å². The molecule has 0 spiro atoms. The second-order valence-corrected chi connectivity index (χ2v) is 6.98. The first kappa shape index (κ1) is 18.7. The zero-order valence-electron chi connectivity index (χ0n) is 14.1. The van der Waals surface area contributed by atoms with Gasteiger partial charge in [-0.1, -0.05) is 32.0 Å². The average Bonchev–Trinajstić information content (AvgIpc) is 2.62. The van der Waals surface area contributed by atoms with Gasteiger partial charge < -0.3 is 5.32 Å². The van der Waals surface area contributed by atoms with Gasteiger partial charge in [0.1, 0.15) is 10.7 Å². The molecular formula is C16H21N5O3S. The van der Waals surface area contributed by atoms with Crippen LogP contribution in [0.1, 0.15) is 13.8 Å². The van der Waals surface area contributed by atoms with Crippen LogP contribution in [0.4, 0.5) is 16.3 Å². The summed E-state index contributed by atoms with van der Waals surface area (Å²) in [5.41, 5.74) is 5.70. The van der Waals surface area contributed by atoms with E-state index in [9.17, 15) is 13.2 Å². The van der Waals surface area contributed by atoms with Crippen LogP contribution < -0.4 is 16.2 Å².